The number of amides is 1. The zero-order valence-corrected chi connectivity index (χ0v) is 12.6. The molecule has 0 aliphatic carbocycles. The lowest BCUT2D eigenvalue weighted by molar-refractivity contribution is -0.117. The van der Waals surface area contributed by atoms with E-state index in [0.717, 1.165) is 11.3 Å². The number of rotatable bonds is 4. The molecule has 1 N–H and O–H groups in total. The Morgan fingerprint density at radius 1 is 1.19 bits per heavy atom. The Morgan fingerprint density at radius 2 is 1.90 bits per heavy atom. The van der Waals surface area contributed by atoms with E-state index >= 15 is 0 Å². The molecule has 21 heavy (non-hydrogen) atoms. The van der Waals surface area contributed by atoms with E-state index in [4.69, 9.17) is 0 Å². The van der Waals surface area contributed by atoms with E-state index in [1.807, 2.05) is 32.0 Å². The summed E-state index contributed by atoms with van der Waals surface area (Å²) < 4.78 is 1.42. The summed E-state index contributed by atoms with van der Waals surface area (Å²) in [7, 11) is 0. The van der Waals surface area contributed by atoms with E-state index in [1.165, 1.54) is 17.2 Å². The fourth-order valence-electron chi connectivity index (χ4n) is 1.99. The highest BCUT2D eigenvalue weighted by Crippen LogP contribution is 2.14. The molecule has 0 unspecified atom stereocenters. The quantitative estimate of drug-likeness (QED) is 0.873. The maximum absolute atomic E-state index is 12.0. The number of hydrogen-bond donors (Lipinski definition) is 1. The minimum absolute atomic E-state index is 0.0268. The first-order valence-electron chi connectivity index (χ1n) is 6.66. The molecule has 0 bridgehead atoms. The van der Waals surface area contributed by atoms with Gasteiger partial charge in [-0.3, -0.25) is 9.59 Å². The van der Waals surface area contributed by atoms with Gasteiger partial charge >= 0.3 is 0 Å². The van der Waals surface area contributed by atoms with Crippen LogP contribution in [0.5, 0.6) is 0 Å². The zero-order valence-electron chi connectivity index (χ0n) is 12.6. The van der Waals surface area contributed by atoms with Crippen molar-refractivity contribution in [2.45, 2.75) is 34.2 Å². The summed E-state index contributed by atoms with van der Waals surface area (Å²) in [5.74, 6) is -0.366. The molecule has 0 aliphatic heterocycles. The fourth-order valence-corrected chi connectivity index (χ4v) is 1.99. The van der Waals surface area contributed by atoms with Gasteiger partial charge in [0.25, 0.3) is 0 Å². The second-order valence-electron chi connectivity index (χ2n) is 5.08. The second kappa shape index (κ2) is 5.87. The number of carbonyl (C=O) groups excluding carboxylic acids is 2. The molecule has 0 aliphatic rings. The van der Waals surface area contributed by atoms with Gasteiger partial charge in [0, 0.05) is 12.6 Å². The van der Waals surface area contributed by atoms with Crippen molar-refractivity contribution >= 4 is 17.4 Å². The van der Waals surface area contributed by atoms with Crippen LogP contribution in [0, 0.1) is 20.8 Å². The van der Waals surface area contributed by atoms with Crippen molar-refractivity contribution in [2.24, 2.45) is 0 Å². The lowest BCUT2D eigenvalue weighted by Crippen LogP contribution is -2.20. The van der Waals surface area contributed by atoms with Crippen LogP contribution in [0.4, 0.5) is 5.69 Å². The van der Waals surface area contributed by atoms with Crippen LogP contribution in [0.25, 0.3) is 0 Å². The minimum atomic E-state index is -0.207. The van der Waals surface area contributed by atoms with Crippen molar-refractivity contribution in [3.8, 4) is 0 Å². The van der Waals surface area contributed by atoms with E-state index in [-0.39, 0.29) is 18.2 Å². The molecule has 0 atom stereocenters. The van der Waals surface area contributed by atoms with E-state index in [2.05, 4.69) is 15.6 Å². The van der Waals surface area contributed by atoms with E-state index < -0.39 is 0 Å². The molecule has 0 fully saturated rings. The molecule has 1 amide bonds. The van der Waals surface area contributed by atoms with Crippen molar-refractivity contribution < 1.29 is 9.59 Å². The van der Waals surface area contributed by atoms with Gasteiger partial charge in [-0.05, 0) is 44.0 Å². The van der Waals surface area contributed by atoms with Crippen LogP contribution in [0.1, 0.15) is 34.2 Å². The molecule has 1 aromatic carbocycles. The number of anilines is 1. The Morgan fingerprint density at radius 3 is 2.48 bits per heavy atom. The van der Waals surface area contributed by atoms with Crippen LogP contribution >= 0.6 is 0 Å². The molecule has 2 aromatic rings. The van der Waals surface area contributed by atoms with Crippen LogP contribution in [-0.4, -0.2) is 26.7 Å². The normalized spacial score (nSPS) is 10.5. The lowest BCUT2D eigenvalue weighted by Gasteiger charge is -2.08. The molecular formula is C15H18N4O2. The minimum Gasteiger partial charge on any atom is -0.324 e. The molecule has 0 saturated carbocycles. The highest BCUT2D eigenvalue weighted by atomic mass is 16.2. The molecule has 0 saturated heterocycles. The maximum Gasteiger partial charge on any atom is 0.246 e. The summed E-state index contributed by atoms with van der Waals surface area (Å²) in [6, 6.07) is 5.73. The highest BCUT2D eigenvalue weighted by Gasteiger charge is 2.14. The molecule has 110 valence electrons. The Bertz CT molecular complexity index is 704. The smallest absolute Gasteiger partial charge is 0.246 e. The van der Waals surface area contributed by atoms with E-state index in [1.54, 1.807) is 6.92 Å². The predicted molar refractivity (Wildman–Crippen MR) is 79.3 cm³/mol. The number of benzene rings is 1. The van der Waals surface area contributed by atoms with Gasteiger partial charge in [-0.15, -0.1) is 5.10 Å². The number of hydrogen-bond acceptors (Lipinski definition) is 4. The number of aryl methyl sites for hydroxylation is 2. The van der Waals surface area contributed by atoms with Crippen LogP contribution in [0.3, 0.4) is 0 Å². The molecular weight excluding hydrogens is 268 g/mol. The van der Waals surface area contributed by atoms with Gasteiger partial charge in [0.1, 0.15) is 6.54 Å². The van der Waals surface area contributed by atoms with Crippen molar-refractivity contribution in [3.63, 3.8) is 0 Å². The van der Waals surface area contributed by atoms with Crippen LogP contribution in [0.2, 0.25) is 0 Å². The number of aromatic nitrogens is 3. The van der Waals surface area contributed by atoms with E-state index in [0.29, 0.717) is 11.4 Å². The second-order valence-corrected chi connectivity index (χ2v) is 5.08. The number of nitrogens with one attached hydrogen (secondary N) is 1. The van der Waals surface area contributed by atoms with Crippen molar-refractivity contribution in [3.05, 3.63) is 40.7 Å². The van der Waals surface area contributed by atoms with Gasteiger partial charge in [-0.25, -0.2) is 4.68 Å². The third kappa shape index (κ3) is 3.34. The van der Waals surface area contributed by atoms with Gasteiger partial charge in [-0.1, -0.05) is 11.3 Å². The Kier molecular flexibility index (Phi) is 4.16. The summed E-state index contributed by atoms with van der Waals surface area (Å²) in [5.41, 5.74) is 3.93. The SMILES string of the molecule is CC(=O)c1nnn(CC(=O)Nc2ccc(C)c(C)c2)c1C. The summed E-state index contributed by atoms with van der Waals surface area (Å²) in [4.78, 5) is 23.3. The molecule has 6 nitrogen and oxygen atoms in total. The van der Waals surface area contributed by atoms with Crippen molar-refractivity contribution in [1.82, 2.24) is 15.0 Å². The largest absolute Gasteiger partial charge is 0.324 e. The molecule has 0 radical (unpaired) electrons. The first kappa shape index (κ1) is 14.9. The zero-order chi connectivity index (χ0) is 15.6. The Balaban J connectivity index is 2.08. The van der Waals surface area contributed by atoms with Crippen molar-refractivity contribution in [1.29, 1.82) is 0 Å². The van der Waals surface area contributed by atoms with Gasteiger partial charge in [0.2, 0.25) is 5.91 Å². The molecule has 6 heteroatoms. The molecule has 0 spiro atoms. The fraction of sp³-hybridized carbons (Fsp3) is 0.333. The third-order valence-corrected chi connectivity index (χ3v) is 3.40. The number of nitrogens with zero attached hydrogens (tertiary/aromatic N) is 3. The van der Waals surface area contributed by atoms with Gasteiger partial charge < -0.3 is 5.32 Å². The number of Topliss-reactive ketones (excluding diaryl/α,β-unsaturated/α-hetero) is 1. The summed E-state index contributed by atoms with van der Waals surface area (Å²) in [6.45, 7) is 7.18. The average Bonchev–Trinajstić information content (AvgIpc) is 2.75. The standard InChI is InChI=1S/C15H18N4O2/c1-9-5-6-13(7-10(9)2)16-14(21)8-19-11(3)15(12(4)20)17-18-19/h5-7H,8H2,1-4H3,(H,16,21). The molecule has 1 heterocycles. The van der Waals surface area contributed by atoms with Gasteiger partial charge in [-0.2, -0.15) is 0 Å². The third-order valence-electron chi connectivity index (χ3n) is 3.40. The average molecular weight is 286 g/mol. The Hall–Kier alpha value is -2.50. The van der Waals surface area contributed by atoms with Crippen LogP contribution < -0.4 is 5.32 Å². The summed E-state index contributed by atoms with van der Waals surface area (Å²) in [6.07, 6.45) is 0. The Labute approximate surface area is 123 Å². The van der Waals surface area contributed by atoms with Gasteiger partial charge in [0.05, 0.1) is 5.69 Å². The summed E-state index contributed by atoms with van der Waals surface area (Å²) >= 11 is 0. The molecule has 2 rings (SSSR count). The van der Waals surface area contributed by atoms with Crippen molar-refractivity contribution in [2.75, 3.05) is 5.32 Å². The van der Waals surface area contributed by atoms with Crippen LogP contribution in [-0.2, 0) is 11.3 Å². The lowest BCUT2D eigenvalue weighted by atomic mass is 10.1. The number of carbonyl (C=O) groups is 2. The number of ketones is 1. The van der Waals surface area contributed by atoms with Gasteiger partial charge in [0.15, 0.2) is 11.5 Å². The monoisotopic (exact) mass is 286 g/mol. The first-order valence-corrected chi connectivity index (χ1v) is 6.66. The highest BCUT2D eigenvalue weighted by molar-refractivity contribution is 5.93. The van der Waals surface area contributed by atoms with Crippen LogP contribution in [0.15, 0.2) is 18.2 Å². The summed E-state index contributed by atoms with van der Waals surface area (Å²) in [5, 5.41) is 10.4. The maximum atomic E-state index is 12.0. The topological polar surface area (TPSA) is 76.9 Å². The first-order chi connectivity index (χ1) is 9.88. The predicted octanol–water partition coefficient (Wildman–Crippen LogP) is 2.04. The molecule has 1 aromatic heterocycles. The van der Waals surface area contributed by atoms with E-state index in [9.17, 15) is 9.59 Å².